The number of rotatable bonds is 6. The van der Waals surface area contributed by atoms with Crippen molar-refractivity contribution in [3.05, 3.63) is 174 Å². The zero-order valence-corrected chi connectivity index (χ0v) is 33.9. The van der Waals surface area contributed by atoms with E-state index in [9.17, 15) is 5.26 Å². The van der Waals surface area contributed by atoms with Crippen LogP contribution in [0.5, 0.6) is 0 Å². The van der Waals surface area contributed by atoms with Gasteiger partial charge in [-0.25, -0.2) is 0 Å². The van der Waals surface area contributed by atoms with E-state index >= 15 is 0 Å². The molecule has 3 heterocycles. The molecule has 277 valence electrons. The Morgan fingerprint density at radius 1 is 0.750 bits per heavy atom. The number of pyridine rings is 1. The van der Waals surface area contributed by atoms with Gasteiger partial charge in [0.1, 0.15) is 5.58 Å². The maximum Gasteiger partial charge on any atom is 0.121 e. The van der Waals surface area contributed by atoms with Crippen LogP contribution in [0.25, 0.3) is 72.4 Å². The molecule has 5 nitrogen and oxygen atoms in total. The molecule has 0 aliphatic carbocycles. The Balaban J connectivity index is 0.000000347. The number of imidazole rings is 1. The number of benzene rings is 6. The third kappa shape index (κ3) is 7.20. The third-order valence-electron chi connectivity index (χ3n) is 9.87. The Labute approximate surface area is 345 Å². The number of furan rings is 1. The van der Waals surface area contributed by atoms with Crippen LogP contribution < -0.4 is 0 Å². The molecule has 0 aliphatic rings. The summed E-state index contributed by atoms with van der Waals surface area (Å²) < 4.78 is 32.7. The van der Waals surface area contributed by atoms with E-state index in [-0.39, 0.29) is 43.1 Å². The molecule has 0 saturated heterocycles. The van der Waals surface area contributed by atoms with Crippen LogP contribution in [0.15, 0.2) is 144 Å². The zero-order valence-electron chi connectivity index (χ0n) is 34.5. The van der Waals surface area contributed by atoms with Gasteiger partial charge in [0.2, 0.25) is 0 Å². The number of aromatic nitrogens is 3. The van der Waals surface area contributed by atoms with E-state index in [0.717, 1.165) is 33.4 Å². The second-order valence-corrected chi connectivity index (χ2v) is 14.1. The van der Waals surface area contributed by atoms with Gasteiger partial charge in [-0.15, -0.1) is 54.1 Å². The van der Waals surface area contributed by atoms with Crippen LogP contribution in [0.1, 0.15) is 65.9 Å². The smallest absolute Gasteiger partial charge is 0.121 e. The molecule has 9 rings (SSSR count). The third-order valence-corrected chi connectivity index (χ3v) is 9.87. The zero-order chi connectivity index (χ0) is 40.6. The van der Waals surface area contributed by atoms with Gasteiger partial charge in [-0.3, -0.25) is 4.98 Å². The van der Waals surface area contributed by atoms with E-state index in [1.54, 1.807) is 12.3 Å². The number of fused-ring (bicyclic) bond motifs is 4. The van der Waals surface area contributed by atoms with Gasteiger partial charge in [0.05, 0.1) is 34.1 Å². The molecule has 3 aromatic heterocycles. The van der Waals surface area contributed by atoms with Gasteiger partial charge in [0.15, 0.2) is 0 Å². The summed E-state index contributed by atoms with van der Waals surface area (Å²) in [6.07, 6.45) is 1.79. The summed E-state index contributed by atoms with van der Waals surface area (Å²) >= 11 is 0. The monoisotopic (exact) mass is 908 g/mol. The fourth-order valence-corrected chi connectivity index (χ4v) is 7.16. The summed E-state index contributed by atoms with van der Waals surface area (Å²) in [6, 6.07) is 52.3. The normalized spacial score (nSPS) is 12.1. The molecule has 6 aromatic carbocycles. The van der Waals surface area contributed by atoms with E-state index in [1.807, 2.05) is 78.9 Å². The first-order chi connectivity index (χ1) is 28.0. The molecule has 0 fully saturated rings. The maximum absolute atomic E-state index is 9.81. The second kappa shape index (κ2) is 16.3. The van der Waals surface area contributed by atoms with E-state index in [1.165, 1.54) is 28.3 Å². The van der Waals surface area contributed by atoms with Gasteiger partial charge in [-0.2, -0.15) is 5.26 Å². The molecule has 0 spiro atoms. The standard InChI is InChI=1S/C39H32N3O.C11H8N.Ir/c1-23(2)31-19-27(26-12-7-6-8-13-26)20-32(24(3)4)37(31)42-35-17-10-9-16-34(35)41-39(42)30-15-11-14-29-33-21-28(22-40)25(5)18-36(33)43-38(29)30;1-2-6-10(7-3-1)11-8-4-5-9-12-11;/h6-14,16-21,23-24H,1-5H3;1-6,8-9H;/q2*-1;/i5D3;;. The Hall–Kier alpha value is -6.12. The van der Waals surface area contributed by atoms with Crippen molar-refractivity contribution in [2.45, 2.75) is 46.4 Å². The first kappa shape index (κ1) is 34.4. The maximum atomic E-state index is 9.81. The van der Waals surface area contributed by atoms with Crippen molar-refractivity contribution in [1.29, 1.82) is 5.26 Å². The van der Waals surface area contributed by atoms with Gasteiger partial charge in [0.25, 0.3) is 0 Å². The first-order valence-electron chi connectivity index (χ1n) is 19.9. The Morgan fingerprint density at radius 2 is 1.48 bits per heavy atom. The predicted molar refractivity (Wildman–Crippen MR) is 224 cm³/mol. The summed E-state index contributed by atoms with van der Waals surface area (Å²) in [6.45, 7) is 6.43. The predicted octanol–water partition coefficient (Wildman–Crippen LogP) is 13.0. The minimum Gasteiger partial charge on any atom is -0.501 e. The van der Waals surface area contributed by atoms with Gasteiger partial charge < -0.3 is 14.0 Å². The molecular formula is C50H40IrN4O-2. The van der Waals surface area contributed by atoms with Crippen LogP contribution in [0.2, 0.25) is 0 Å². The summed E-state index contributed by atoms with van der Waals surface area (Å²) in [5.74, 6) is 1.09. The molecule has 0 N–H and O–H groups in total. The van der Waals surface area contributed by atoms with Crippen LogP contribution >= 0.6 is 0 Å². The number of aryl methyl sites for hydroxylation is 1. The molecule has 0 aliphatic heterocycles. The molecule has 0 bridgehead atoms. The van der Waals surface area contributed by atoms with Gasteiger partial charge >= 0.3 is 0 Å². The van der Waals surface area contributed by atoms with Gasteiger partial charge in [-0.05, 0) is 94.7 Å². The van der Waals surface area contributed by atoms with Crippen molar-refractivity contribution in [3.8, 4) is 45.5 Å². The van der Waals surface area contributed by atoms with Crippen LogP contribution in [-0.2, 0) is 20.1 Å². The van der Waals surface area contributed by atoms with Crippen molar-refractivity contribution in [2.24, 2.45) is 0 Å². The molecule has 1 radical (unpaired) electrons. The Morgan fingerprint density at radius 3 is 2.16 bits per heavy atom. The Kier molecular flexibility index (Phi) is 10.0. The van der Waals surface area contributed by atoms with E-state index < -0.39 is 6.85 Å². The number of nitrogens with zero attached hydrogens (tertiary/aromatic N) is 4. The largest absolute Gasteiger partial charge is 0.501 e. The minimum absolute atomic E-state index is 0. The van der Waals surface area contributed by atoms with E-state index in [4.69, 9.17) is 13.5 Å². The summed E-state index contributed by atoms with van der Waals surface area (Å²) in [5.41, 5.74) is 11.3. The molecule has 6 heteroatoms. The van der Waals surface area contributed by atoms with Crippen LogP contribution in [-0.4, -0.2) is 14.5 Å². The Bertz CT molecular complexity index is 2880. The molecule has 56 heavy (non-hydrogen) atoms. The van der Waals surface area contributed by atoms with Crippen LogP contribution in [0.4, 0.5) is 0 Å². The van der Waals surface area contributed by atoms with E-state index in [2.05, 4.69) is 97.9 Å². The summed E-state index contributed by atoms with van der Waals surface area (Å²) in [4.78, 5) is 9.40. The summed E-state index contributed by atoms with van der Waals surface area (Å²) in [5, 5.41) is 11.3. The second-order valence-electron chi connectivity index (χ2n) is 14.1. The van der Waals surface area contributed by atoms with Crippen molar-refractivity contribution in [3.63, 3.8) is 0 Å². The number of hydrogen-bond acceptors (Lipinski definition) is 4. The average molecular weight is 908 g/mol. The average Bonchev–Trinajstić information content (AvgIpc) is 3.82. The van der Waals surface area contributed by atoms with Crippen molar-refractivity contribution >= 4 is 33.0 Å². The topological polar surface area (TPSA) is 67.6 Å². The molecule has 0 unspecified atom stereocenters. The molecular weight excluding hydrogens is 865 g/mol. The molecule has 0 saturated carbocycles. The number of para-hydroxylation sites is 2. The molecule has 0 atom stereocenters. The molecule has 9 aromatic rings. The van der Waals surface area contributed by atoms with Gasteiger partial charge in [-0.1, -0.05) is 93.2 Å². The van der Waals surface area contributed by atoms with Crippen LogP contribution in [0.3, 0.4) is 0 Å². The number of hydrogen-bond donors (Lipinski definition) is 0. The quantitative estimate of drug-likeness (QED) is 0.156. The van der Waals surface area contributed by atoms with Crippen molar-refractivity contribution in [2.75, 3.05) is 0 Å². The minimum atomic E-state index is -2.45. The van der Waals surface area contributed by atoms with Crippen LogP contribution in [0, 0.1) is 30.3 Å². The fourth-order valence-electron chi connectivity index (χ4n) is 7.16. The first-order valence-corrected chi connectivity index (χ1v) is 18.4. The number of nitriles is 1. The van der Waals surface area contributed by atoms with E-state index in [0.29, 0.717) is 27.9 Å². The van der Waals surface area contributed by atoms with Crippen molar-refractivity contribution in [1.82, 2.24) is 14.5 Å². The molecule has 0 amide bonds. The van der Waals surface area contributed by atoms with Gasteiger partial charge in [0, 0.05) is 41.5 Å². The summed E-state index contributed by atoms with van der Waals surface area (Å²) in [7, 11) is 0. The SMILES string of the molecule is [2H]C([2H])([2H])c1cc2oc3c(-c4nc5ccccc5n4-c4c(C(C)C)cc(-c5ccccc5)cc4C(C)C)[c-]ccc3c2cc1C#N.[Ir].[c-]1ccccc1-c1ccccn1. The fraction of sp³-hybridized carbons (Fsp3) is 0.140. The van der Waals surface area contributed by atoms with Crippen molar-refractivity contribution < 1.29 is 28.6 Å².